The molecule has 124 valence electrons. The summed E-state index contributed by atoms with van der Waals surface area (Å²) < 4.78 is 13.2. The third-order valence-electron chi connectivity index (χ3n) is 4.88. The molecule has 1 aliphatic heterocycles. The Morgan fingerprint density at radius 1 is 1.20 bits per heavy atom. The fraction of sp³-hybridized carbons (Fsp3) is 0.238. The molecule has 1 amide bonds. The number of amides is 1. The van der Waals surface area contributed by atoms with Crippen molar-refractivity contribution in [3.8, 4) is 11.8 Å². The molecule has 1 fully saturated rings. The predicted octanol–water partition coefficient (Wildman–Crippen LogP) is 3.47. The Bertz CT molecular complexity index is 921. The summed E-state index contributed by atoms with van der Waals surface area (Å²) in [6.45, 7) is 0. The minimum atomic E-state index is -0.301. The van der Waals surface area contributed by atoms with Gasteiger partial charge in [0, 0.05) is 36.0 Å². The minimum Gasteiger partial charge on any atom is -0.319 e. The van der Waals surface area contributed by atoms with E-state index >= 15 is 0 Å². The number of aromatic nitrogens is 1. The highest BCUT2D eigenvalue weighted by molar-refractivity contribution is 5.89. The fourth-order valence-corrected chi connectivity index (χ4v) is 3.65. The van der Waals surface area contributed by atoms with E-state index in [1.165, 1.54) is 12.1 Å². The van der Waals surface area contributed by atoms with Crippen molar-refractivity contribution in [3.05, 3.63) is 77.0 Å². The fourth-order valence-electron chi connectivity index (χ4n) is 3.65. The number of fused-ring (bicyclic) bond motifs is 1. The van der Waals surface area contributed by atoms with Gasteiger partial charge in [-0.1, -0.05) is 24.0 Å². The molecule has 3 nitrogen and oxygen atoms in total. The summed E-state index contributed by atoms with van der Waals surface area (Å²) in [4.78, 5) is 18.8. The third-order valence-corrected chi connectivity index (χ3v) is 4.88. The van der Waals surface area contributed by atoms with Crippen LogP contribution in [0.25, 0.3) is 0 Å². The lowest BCUT2D eigenvalue weighted by molar-refractivity contribution is -0.127. The van der Waals surface area contributed by atoms with E-state index < -0.39 is 0 Å². The summed E-state index contributed by atoms with van der Waals surface area (Å²) in [7, 11) is 1.84. The van der Waals surface area contributed by atoms with Crippen LogP contribution in [0.2, 0.25) is 0 Å². The number of rotatable bonds is 1. The van der Waals surface area contributed by atoms with E-state index in [1.807, 2.05) is 19.2 Å². The highest BCUT2D eigenvalue weighted by Gasteiger charge is 2.45. The van der Waals surface area contributed by atoms with Crippen LogP contribution in [-0.2, 0) is 4.79 Å². The first-order chi connectivity index (χ1) is 12.1. The second-order valence-corrected chi connectivity index (χ2v) is 6.42. The molecular weight excluding hydrogens is 315 g/mol. The zero-order valence-electron chi connectivity index (χ0n) is 13.9. The van der Waals surface area contributed by atoms with Crippen molar-refractivity contribution in [2.75, 3.05) is 7.05 Å². The maximum Gasteiger partial charge on any atom is 0.236 e. The number of benzene rings is 1. The quantitative estimate of drug-likeness (QED) is 0.749. The van der Waals surface area contributed by atoms with E-state index in [1.54, 1.807) is 23.2 Å². The number of hydrogen-bond donors (Lipinski definition) is 0. The molecule has 2 heterocycles. The molecule has 0 spiro atoms. The Labute approximate surface area is 146 Å². The molecule has 2 aliphatic rings. The molecule has 0 N–H and O–H groups in total. The lowest BCUT2D eigenvalue weighted by atomic mass is 9.90. The van der Waals surface area contributed by atoms with Crippen molar-refractivity contribution in [1.29, 1.82) is 0 Å². The molecule has 4 heteroatoms. The van der Waals surface area contributed by atoms with Crippen molar-refractivity contribution >= 4 is 5.91 Å². The van der Waals surface area contributed by atoms with Gasteiger partial charge in [-0.2, -0.15) is 0 Å². The summed E-state index contributed by atoms with van der Waals surface area (Å²) >= 11 is 0. The number of hydrogen-bond acceptors (Lipinski definition) is 2. The molecule has 1 aromatic carbocycles. The summed E-state index contributed by atoms with van der Waals surface area (Å²) in [6.07, 6.45) is 5.86. The number of likely N-dealkylation sites (N-methyl/N-ethyl adjacent to an activating group) is 1. The molecule has 2 aromatic rings. The van der Waals surface area contributed by atoms with E-state index in [-0.39, 0.29) is 23.6 Å². The van der Waals surface area contributed by atoms with E-state index in [2.05, 4.69) is 22.9 Å². The minimum absolute atomic E-state index is 0.113. The third kappa shape index (κ3) is 2.83. The molecule has 2 atom stereocenters. The normalized spacial score (nSPS) is 21.6. The van der Waals surface area contributed by atoms with Gasteiger partial charge in [-0.3, -0.25) is 9.78 Å². The van der Waals surface area contributed by atoms with Crippen LogP contribution in [0, 0.1) is 23.6 Å². The van der Waals surface area contributed by atoms with E-state index in [4.69, 9.17) is 0 Å². The largest absolute Gasteiger partial charge is 0.319 e. The average Bonchev–Trinajstić information content (AvgIpc) is 3.17. The first-order valence-corrected chi connectivity index (χ1v) is 8.34. The van der Waals surface area contributed by atoms with Crippen molar-refractivity contribution in [1.82, 2.24) is 9.88 Å². The Kier molecular flexibility index (Phi) is 3.85. The monoisotopic (exact) mass is 332 g/mol. The molecule has 1 saturated heterocycles. The van der Waals surface area contributed by atoms with Gasteiger partial charge in [0.1, 0.15) is 5.82 Å². The Balaban J connectivity index is 1.57. The van der Waals surface area contributed by atoms with Gasteiger partial charge in [0.05, 0.1) is 11.6 Å². The molecule has 4 rings (SSSR count). The first-order valence-electron chi connectivity index (χ1n) is 8.34. The van der Waals surface area contributed by atoms with Gasteiger partial charge in [0.2, 0.25) is 5.91 Å². The second kappa shape index (κ2) is 6.18. The Hall–Kier alpha value is -2.93. The molecule has 1 aliphatic carbocycles. The Morgan fingerprint density at radius 3 is 2.80 bits per heavy atom. The van der Waals surface area contributed by atoms with Gasteiger partial charge in [-0.25, -0.2) is 4.39 Å². The van der Waals surface area contributed by atoms with Crippen molar-refractivity contribution < 1.29 is 9.18 Å². The number of carbonyl (C=O) groups excluding carboxylic acids is 1. The molecule has 0 unspecified atom stereocenters. The smallest absolute Gasteiger partial charge is 0.236 e. The zero-order chi connectivity index (χ0) is 17.4. The lowest BCUT2D eigenvalue weighted by Gasteiger charge is -2.13. The van der Waals surface area contributed by atoms with Crippen LogP contribution in [0.1, 0.15) is 35.6 Å². The average molecular weight is 332 g/mol. The van der Waals surface area contributed by atoms with E-state index in [0.717, 1.165) is 29.8 Å². The van der Waals surface area contributed by atoms with Crippen molar-refractivity contribution in [3.63, 3.8) is 0 Å². The Morgan fingerprint density at radius 2 is 2.04 bits per heavy atom. The maximum absolute atomic E-state index is 13.2. The van der Waals surface area contributed by atoms with Gasteiger partial charge in [0.25, 0.3) is 0 Å². The lowest BCUT2D eigenvalue weighted by Crippen LogP contribution is -2.22. The molecule has 0 radical (unpaired) electrons. The van der Waals surface area contributed by atoms with E-state index in [0.29, 0.717) is 5.56 Å². The summed E-state index contributed by atoms with van der Waals surface area (Å²) in [5.41, 5.74) is 3.29. The van der Waals surface area contributed by atoms with Gasteiger partial charge in [0.15, 0.2) is 0 Å². The van der Waals surface area contributed by atoms with Crippen LogP contribution in [-0.4, -0.2) is 22.8 Å². The first kappa shape index (κ1) is 15.6. The summed E-state index contributed by atoms with van der Waals surface area (Å²) in [5.74, 6) is 5.78. The number of allylic oxidation sites excluding steroid dienone is 2. The van der Waals surface area contributed by atoms with Gasteiger partial charge >= 0.3 is 0 Å². The summed E-state index contributed by atoms with van der Waals surface area (Å²) in [6, 6.07) is 9.94. The van der Waals surface area contributed by atoms with Crippen LogP contribution >= 0.6 is 0 Å². The van der Waals surface area contributed by atoms with Crippen molar-refractivity contribution in [2.24, 2.45) is 5.92 Å². The van der Waals surface area contributed by atoms with Crippen LogP contribution in [0.5, 0.6) is 0 Å². The molecule has 0 saturated carbocycles. The molecule has 1 aromatic heterocycles. The predicted molar refractivity (Wildman–Crippen MR) is 92.9 cm³/mol. The highest BCUT2D eigenvalue weighted by Crippen LogP contribution is 2.45. The van der Waals surface area contributed by atoms with Crippen LogP contribution < -0.4 is 0 Å². The molecule has 0 bridgehead atoms. The SMILES string of the molecule is CN1C(=O)[C@H](c2ccc(C#Cc3cccc(F)c3)cn2)[C@H]2CCC=C21. The zero-order valence-corrected chi connectivity index (χ0v) is 13.9. The standard InChI is InChI=1S/C21H17FN2O/c1-24-19-7-3-6-17(19)20(21(24)25)18-11-10-15(13-23-18)9-8-14-4-2-5-16(22)12-14/h2,4-5,7,10-13,17,20H,3,6H2,1H3/t17-,20-/m0/s1. The summed E-state index contributed by atoms with van der Waals surface area (Å²) in [5, 5.41) is 0. The highest BCUT2D eigenvalue weighted by atomic mass is 19.1. The number of halogens is 1. The molecular formula is C21H17FN2O. The van der Waals surface area contributed by atoms with E-state index in [9.17, 15) is 9.18 Å². The van der Waals surface area contributed by atoms with Gasteiger partial charge in [-0.15, -0.1) is 0 Å². The van der Waals surface area contributed by atoms with Crippen LogP contribution in [0.3, 0.4) is 0 Å². The van der Waals surface area contributed by atoms with Crippen LogP contribution in [0.4, 0.5) is 4.39 Å². The van der Waals surface area contributed by atoms with Crippen LogP contribution in [0.15, 0.2) is 54.4 Å². The number of nitrogens with zero attached hydrogens (tertiary/aromatic N) is 2. The number of likely N-dealkylation sites (tertiary alicyclic amines) is 1. The molecule has 25 heavy (non-hydrogen) atoms. The van der Waals surface area contributed by atoms with Gasteiger partial charge < -0.3 is 4.90 Å². The maximum atomic E-state index is 13.2. The number of carbonyl (C=O) groups is 1. The van der Waals surface area contributed by atoms with Gasteiger partial charge in [-0.05, 0) is 43.2 Å². The van der Waals surface area contributed by atoms with Crippen molar-refractivity contribution in [2.45, 2.75) is 18.8 Å². The topological polar surface area (TPSA) is 33.2 Å². The number of pyridine rings is 1. The second-order valence-electron chi connectivity index (χ2n) is 6.42.